The highest BCUT2D eigenvalue weighted by molar-refractivity contribution is 5.86. The molecule has 0 aliphatic rings. The molecule has 0 saturated carbocycles. The summed E-state index contributed by atoms with van der Waals surface area (Å²) in [5.41, 5.74) is 0.535. The summed E-state index contributed by atoms with van der Waals surface area (Å²) in [6, 6.07) is 8.58. The maximum absolute atomic E-state index is 11.1. The zero-order valence-corrected chi connectivity index (χ0v) is 8.10. The Kier molecular flexibility index (Phi) is 3.68. The Labute approximate surface area is 86.7 Å². The fourth-order valence-electron chi connectivity index (χ4n) is 0.877. The third kappa shape index (κ3) is 3.68. The molecule has 1 atom stereocenters. The average Bonchev–Trinajstić information content (AvgIpc) is 2.18. The van der Waals surface area contributed by atoms with Crippen LogP contribution in [0.15, 0.2) is 30.3 Å². The van der Waals surface area contributed by atoms with Crippen LogP contribution in [0.2, 0.25) is 0 Å². The molecule has 80 valence electrons. The number of carboxylic acids is 1. The van der Waals surface area contributed by atoms with Crippen LogP contribution in [-0.4, -0.2) is 18.2 Å². The molecule has 0 saturated heterocycles. The van der Waals surface area contributed by atoms with Gasteiger partial charge in [0.05, 0.1) is 5.97 Å². The zero-order valence-electron chi connectivity index (χ0n) is 8.10. The summed E-state index contributed by atoms with van der Waals surface area (Å²) in [6.07, 6.45) is -2.09. The van der Waals surface area contributed by atoms with Gasteiger partial charge in [-0.1, -0.05) is 18.2 Å². The number of carbonyl (C=O) groups is 2. The molecule has 0 aliphatic carbocycles. The molecule has 0 bridgehead atoms. The summed E-state index contributed by atoms with van der Waals surface area (Å²) in [7, 11) is 0. The fourth-order valence-corrected chi connectivity index (χ4v) is 0.877. The molecule has 5 heteroatoms. The molecule has 0 radical (unpaired) electrons. The lowest BCUT2D eigenvalue weighted by atomic mass is 10.3. The Morgan fingerprint density at radius 3 is 2.47 bits per heavy atom. The SMILES string of the molecule is C[C@@H](OC(=O)Nc1ccccc1)C(=O)[O-]. The summed E-state index contributed by atoms with van der Waals surface area (Å²) in [6.45, 7) is 1.22. The first kappa shape index (κ1) is 11.0. The summed E-state index contributed by atoms with van der Waals surface area (Å²) < 4.78 is 4.50. The average molecular weight is 208 g/mol. The van der Waals surface area contributed by atoms with Gasteiger partial charge in [-0.05, 0) is 19.1 Å². The number of benzene rings is 1. The number of amides is 1. The van der Waals surface area contributed by atoms with Gasteiger partial charge in [-0.25, -0.2) is 4.79 Å². The standard InChI is InChI=1S/C10H11NO4/c1-7(9(12)13)15-10(14)11-8-5-3-2-4-6-8/h2-7H,1H3,(H,11,14)(H,12,13)/p-1/t7-/m1/s1. The van der Waals surface area contributed by atoms with E-state index in [4.69, 9.17) is 0 Å². The van der Waals surface area contributed by atoms with Crippen molar-refractivity contribution in [3.63, 3.8) is 0 Å². The summed E-state index contributed by atoms with van der Waals surface area (Å²) in [5, 5.41) is 12.6. The predicted molar refractivity (Wildman–Crippen MR) is 51.0 cm³/mol. The van der Waals surface area contributed by atoms with Crippen molar-refractivity contribution in [2.24, 2.45) is 0 Å². The number of anilines is 1. The van der Waals surface area contributed by atoms with Crippen LogP contribution in [0.1, 0.15) is 6.92 Å². The molecule has 0 fully saturated rings. The van der Waals surface area contributed by atoms with Crippen LogP contribution in [0.4, 0.5) is 10.5 Å². The Balaban J connectivity index is 2.47. The van der Waals surface area contributed by atoms with Crippen molar-refractivity contribution in [2.75, 3.05) is 5.32 Å². The largest absolute Gasteiger partial charge is 0.546 e. The quantitative estimate of drug-likeness (QED) is 0.778. The number of ether oxygens (including phenoxy) is 1. The second-order valence-electron chi connectivity index (χ2n) is 2.86. The number of rotatable bonds is 3. The molecule has 1 amide bonds. The molecule has 15 heavy (non-hydrogen) atoms. The minimum atomic E-state index is -1.43. The molecule has 0 heterocycles. The lowest BCUT2D eigenvalue weighted by molar-refractivity contribution is -0.313. The summed E-state index contributed by atoms with van der Waals surface area (Å²) >= 11 is 0. The molecule has 1 aromatic rings. The number of aliphatic carboxylic acids is 1. The fraction of sp³-hybridized carbons (Fsp3) is 0.200. The molecule has 1 aromatic carbocycles. The van der Waals surface area contributed by atoms with Gasteiger partial charge in [0.1, 0.15) is 6.10 Å². The molecule has 1 rings (SSSR count). The van der Waals surface area contributed by atoms with Gasteiger partial charge >= 0.3 is 6.09 Å². The van der Waals surface area contributed by atoms with Crippen molar-refractivity contribution in [1.82, 2.24) is 0 Å². The van der Waals surface area contributed by atoms with Gasteiger partial charge in [0.25, 0.3) is 0 Å². The van der Waals surface area contributed by atoms with E-state index in [0.29, 0.717) is 5.69 Å². The van der Waals surface area contributed by atoms with Crippen molar-refractivity contribution < 1.29 is 19.4 Å². The van der Waals surface area contributed by atoms with E-state index in [0.717, 1.165) is 0 Å². The number of carbonyl (C=O) groups excluding carboxylic acids is 2. The van der Waals surface area contributed by atoms with Crippen molar-refractivity contribution in [1.29, 1.82) is 0 Å². The smallest absolute Gasteiger partial charge is 0.412 e. The molecule has 0 unspecified atom stereocenters. The van der Waals surface area contributed by atoms with Gasteiger partial charge in [-0.2, -0.15) is 0 Å². The number of hydrogen-bond acceptors (Lipinski definition) is 4. The number of nitrogens with one attached hydrogen (secondary N) is 1. The number of para-hydroxylation sites is 1. The Morgan fingerprint density at radius 2 is 1.93 bits per heavy atom. The van der Waals surface area contributed by atoms with E-state index >= 15 is 0 Å². The van der Waals surface area contributed by atoms with Gasteiger partial charge in [-0.15, -0.1) is 0 Å². The lowest BCUT2D eigenvalue weighted by Crippen LogP contribution is -2.37. The highest BCUT2D eigenvalue weighted by Gasteiger charge is 2.09. The van der Waals surface area contributed by atoms with E-state index in [1.54, 1.807) is 30.3 Å². The maximum atomic E-state index is 11.1. The van der Waals surface area contributed by atoms with E-state index in [9.17, 15) is 14.7 Å². The van der Waals surface area contributed by atoms with Gasteiger partial charge in [0.15, 0.2) is 0 Å². The summed E-state index contributed by atoms with van der Waals surface area (Å²) in [4.78, 5) is 21.4. The second-order valence-corrected chi connectivity index (χ2v) is 2.86. The monoisotopic (exact) mass is 208 g/mol. The highest BCUT2D eigenvalue weighted by atomic mass is 16.6. The summed E-state index contributed by atoms with van der Waals surface area (Å²) in [5.74, 6) is -1.43. The van der Waals surface area contributed by atoms with Crippen molar-refractivity contribution in [2.45, 2.75) is 13.0 Å². The zero-order chi connectivity index (χ0) is 11.3. The Bertz CT molecular complexity index is 350. The van der Waals surface area contributed by atoms with Crippen LogP contribution in [0.3, 0.4) is 0 Å². The van der Waals surface area contributed by atoms with Gasteiger partial charge in [0, 0.05) is 5.69 Å². The molecule has 0 aliphatic heterocycles. The van der Waals surface area contributed by atoms with E-state index in [2.05, 4.69) is 10.1 Å². The van der Waals surface area contributed by atoms with Gasteiger partial charge in [0.2, 0.25) is 0 Å². The third-order valence-corrected chi connectivity index (χ3v) is 1.64. The molecular weight excluding hydrogens is 198 g/mol. The third-order valence-electron chi connectivity index (χ3n) is 1.64. The first-order valence-corrected chi connectivity index (χ1v) is 4.33. The minimum absolute atomic E-state index is 0.535. The highest BCUT2D eigenvalue weighted by Crippen LogP contribution is 2.05. The Morgan fingerprint density at radius 1 is 1.33 bits per heavy atom. The second kappa shape index (κ2) is 4.99. The molecular formula is C10H10NO4-. The van der Waals surface area contributed by atoms with Crippen LogP contribution in [0.25, 0.3) is 0 Å². The molecule has 1 N–H and O–H groups in total. The van der Waals surface area contributed by atoms with Crippen LogP contribution >= 0.6 is 0 Å². The Hall–Kier alpha value is -2.04. The lowest BCUT2D eigenvalue weighted by Gasteiger charge is -2.14. The predicted octanol–water partition coefficient (Wildman–Crippen LogP) is 0.373. The van der Waals surface area contributed by atoms with E-state index < -0.39 is 18.2 Å². The number of carboxylic acid groups (broad SMARTS) is 1. The van der Waals surface area contributed by atoms with E-state index in [1.807, 2.05) is 0 Å². The van der Waals surface area contributed by atoms with Crippen LogP contribution < -0.4 is 10.4 Å². The van der Waals surface area contributed by atoms with E-state index in [1.165, 1.54) is 6.92 Å². The van der Waals surface area contributed by atoms with Crippen molar-refractivity contribution >= 4 is 17.7 Å². The first-order chi connectivity index (χ1) is 7.09. The maximum Gasteiger partial charge on any atom is 0.412 e. The normalized spacial score (nSPS) is 11.5. The van der Waals surface area contributed by atoms with E-state index in [-0.39, 0.29) is 0 Å². The van der Waals surface area contributed by atoms with Crippen LogP contribution in [-0.2, 0) is 9.53 Å². The first-order valence-electron chi connectivity index (χ1n) is 4.33. The van der Waals surface area contributed by atoms with Crippen molar-refractivity contribution in [3.05, 3.63) is 30.3 Å². The molecule has 5 nitrogen and oxygen atoms in total. The van der Waals surface area contributed by atoms with Gasteiger partial charge in [-0.3, -0.25) is 5.32 Å². The van der Waals surface area contributed by atoms with Crippen molar-refractivity contribution in [3.8, 4) is 0 Å². The van der Waals surface area contributed by atoms with Crippen LogP contribution in [0.5, 0.6) is 0 Å². The molecule has 0 spiro atoms. The topological polar surface area (TPSA) is 78.5 Å². The van der Waals surface area contributed by atoms with Gasteiger partial charge < -0.3 is 14.6 Å². The molecule has 0 aromatic heterocycles. The number of hydrogen-bond donors (Lipinski definition) is 1. The van der Waals surface area contributed by atoms with Crippen LogP contribution in [0, 0.1) is 0 Å². The minimum Gasteiger partial charge on any atom is -0.546 e.